The lowest BCUT2D eigenvalue weighted by atomic mass is 10.4. The number of hydrogen-bond acceptors (Lipinski definition) is 3. The fourth-order valence-electron chi connectivity index (χ4n) is 0.898. The molecule has 0 amide bonds. The van der Waals surface area contributed by atoms with E-state index in [0.29, 0.717) is 16.3 Å². The van der Waals surface area contributed by atoms with Gasteiger partial charge < -0.3 is 8.83 Å². The Morgan fingerprint density at radius 2 is 2.17 bits per heavy atom. The second-order valence-corrected chi connectivity index (χ2v) is 3.16. The van der Waals surface area contributed by atoms with Crippen molar-refractivity contribution in [1.29, 1.82) is 0 Å². The smallest absolute Gasteiger partial charge is 0.263 e. The minimum atomic E-state index is 0.512. The van der Waals surface area contributed by atoms with Crippen LogP contribution < -0.4 is 0 Å². The van der Waals surface area contributed by atoms with Crippen LogP contribution in [0.1, 0.15) is 5.76 Å². The minimum absolute atomic E-state index is 0.512. The molecule has 0 bridgehead atoms. The van der Waals surface area contributed by atoms with Gasteiger partial charge in [-0.1, -0.05) is 0 Å². The van der Waals surface area contributed by atoms with E-state index in [1.807, 2.05) is 6.92 Å². The third kappa shape index (κ3) is 1.30. The van der Waals surface area contributed by atoms with E-state index in [1.54, 1.807) is 18.3 Å². The van der Waals surface area contributed by atoms with E-state index in [0.717, 1.165) is 5.76 Å². The normalized spacial score (nSPS) is 10.5. The molecule has 0 aliphatic carbocycles. The van der Waals surface area contributed by atoms with Gasteiger partial charge in [0.25, 0.3) is 5.89 Å². The molecule has 2 heterocycles. The maximum absolute atomic E-state index is 5.26. The summed E-state index contributed by atoms with van der Waals surface area (Å²) in [6.07, 6.45) is 1.66. The monoisotopic (exact) mass is 227 g/mol. The zero-order chi connectivity index (χ0) is 8.55. The minimum Gasteiger partial charge on any atom is -0.444 e. The number of aryl methyl sites for hydroxylation is 1. The Hall–Kier alpha value is -1.03. The van der Waals surface area contributed by atoms with Crippen LogP contribution in [-0.2, 0) is 0 Å². The lowest BCUT2D eigenvalue weighted by Gasteiger charge is -1.85. The van der Waals surface area contributed by atoms with Crippen LogP contribution in [0.3, 0.4) is 0 Å². The Morgan fingerprint density at radius 3 is 2.67 bits per heavy atom. The fourth-order valence-corrected chi connectivity index (χ4v) is 1.20. The first-order valence-electron chi connectivity index (χ1n) is 3.44. The van der Waals surface area contributed by atoms with Gasteiger partial charge >= 0.3 is 0 Å². The standard InChI is InChI=1S/C8H6BrNO2/c1-5-4-10-8(11-5)6-2-3-7(9)12-6/h2-4H,1H3. The second-order valence-electron chi connectivity index (χ2n) is 2.38. The van der Waals surface area contributed by atoms with Crippen molar-refractivity contribution < 1.29 is 8.83 Å². The predicted octanol–water partition coefficient (Wildman–Crippen LogP) is 3.01. The van der Waals surface area contributed by atoms with Gasteiger partial charge in [0.2, 0.25) is 0 Å². The van der Waals surface area contributed by atoms with Crippen LogP contribution in [0.25, 0.3) is 11.7 Å². The Balaban J connectivity index is 2.43. The molecule has 0 spiro atoms. The van der Waals surface area contributed by atoms with Gasteiger partial charge in [0, 0.05) is 0 Å². The van der Waals surface area contributed by atoms with Gasteiger partial charge in [0.15, 0.2) is 10.4 Å². The molecule has 0 aromatic carbocycles. The van der Waals surface area contributed by atoms with Gasteiger partial charge in [-0.15, -0.1) is 0 Å². The molecular weight excluding hydrogens is 222 g/mol. The predicted molar refractivity (Wildman–Crippen MR) is 46.6 cm³/mol. The van der Waals surface area contributed by atoms with Crippen molar-refractivity contribution in [3.05, 3.63) is 28.8 Å². The van der Waals surface area contributed by atoms with Gasteiger partial charge in [0.05, 0.1) is 6.20 Å². The van der Waals surface area contributed by atoms with E-state index in [9.17, 15) is 0 Å². The van der Waals surface area contributed by atoms with Crippen LogP contribution in [0.4, 0.5) is 0 Å². The molecule has 2 rings (SSSR count). The number of aromatic nitrogens is 1. The average Bonchev–Trinajstić information content (AvgIpc) is 2.58. The van der Waals surface area contributed by atoms with Gasteiger partial charge in [0.1, 0.15) is 5.76 Å². The zero-order valence-corrected chi connectivity index (χ0v) is 7.96. The summed E-state index contributed by atoms with van der Waals surface area (Å²) in [7, 11) is 0. The Labute approximate surface area is 77.5 Å². The second kappa shape index (κ2) is 2.79. The van der Waals surface area contributed by atoms with Crippen LogP contribution in [0.2, 0.25) is 0 Å². The maximum atomic E-state index is 5.26. The molecule has 0 aliphatic rings. The molecule has 2 aromatic heterocycles. The average molecular weight is 228 g/mol. The van der Waals surface area contributed by atoms with Crippen LogP contribution in [-0.4, -0.2) is 4.98 Å². The molecule has 0 radical (unpaired) electrons. The summed E-state index contributed by atoms with van der Waals surface area (Å²) in [6, 6.07) is 3.60. The summed E-state index contributed by atoms with van der Waals surface area (Å²) in [5.41, 5.74) is 0. The van der Waals surface area contributed by atoms with Crippen molar-refractivity contribution in [2.75, 3.05) is 0 Å². The topological polar surface area (TPSA) is 39.2 Å². The van der Waals surface area contributed by atoms with Crippen molar-refractivity contribution in [3.8, 4) is 11.7 Å². The van der Waals surface area contributed by atoms with Crippen LogP contribution in [0.15, 0.2) is 31.8 Å². The molecule has 3 nitrogen and oxygen atoms in total. The van der Waals surface area contributed by atoms with Gasteiger partial charge in [-0.05, 0) is 35.0 Å². The molecule has 62 valence electrons. The molecule has 0 aliphatic heterocycles. The summed E-state index contributed by atoms with van der Waals surface area (Å²) in [6.45, 7) is 1.84. The van der Waals surface area contributed by atoms with Gasteiger partial charge in [-0.2, -0.15) is 0 Å². The third-order valence-electron chi connectivity index (χ3n) is 1.41. The van der Waals surface area contributed by atoms with Crippen molar-refractivity contribution in [1.82, 2.24) is 4.98 Å². The maximum Gasteiger partial charge on any atom is 0.263 e. The fraction of sp³-hybridized carbons (Fsp3) is 0.125. The highest BCUT2D eigenvalue weighted by Crippen LogP contribution is 2.24. The Bertz CT molecular complexity index is 353. The highest BCUT2D eigenvalue weighted by molar-refractivity contribution is 9.10. The van der Waals surface area contributed by atoms with Crippen LogP contribution >= 0.6 is 15.9 Å². The number of halogens is 1. The number of hydrogen-bond donors (Lipinski definition) is 0. The van der Waals surface area contributed by atoms with E-state index in [4.69, 9.17) is 8.83 Å². The first-order chi connectivity index (χ1) is 5.75. The van der Waals surface area contributed by atoms with Crippen molar-refractivity contribution in [3.63, 3.8) is 0 Å². The number of oxazole rings is 1. The molecule has 12 heavy (non-hydrogen) atoms. The molecule has 0 N–H and O–H groups in total. The van der Waals surface area contributed by atoms with E-state index < -0.39 is 0 Å². The van der Waals surface area contributed by atoms with Crippen molar-refractivity contribution in [2.45, 2.75) is 6.92 Å². The molecular formula is C8H6BrNO2. The van der Waals surface area contributed by atoms with Gasteiger partial charge in [-0.25, -0.2) is 4.98 Å². The molecule has 0 fully saturated rings. The Morgan fingerprint density at radius 1 is 1.33 bits per heavy atom. The lowest BCUT2D eigenvalue weighted by Crippen LogP contribution is -1.68. The van der Waals surface area contributed by atoms with E-state index >= 15 is 0 Å². The first-order valence-corrected chi connectivity index (χ1v) is 4.23. The number of furan rings is 1. The number of rotatable bonds is 1. The highest BCUT2D eigenvalue weighted by Gasteiger charge is 2.07. The summed E-state index contributed by atoms with van der Waals surface area (Å²) in [5, 5.41) is 0. The van der Waals surface area contributed by atoms with Crippen molar-refractivity contribution >= 4 is 15.9 Å². The lowest BCUT2D eigenvalue weighted by molar-refractivity contribution is 0.491. The molecule has 0 atom stereocenters. The highest BCUT2D eigenvalue weighted by atomic mass is 79.9. The largest absolute Gasteiger partial charge is 0.444 e. The molecule has 2 aromatic rings. The van der Waals surface area contributed by atoms with E-state index in [1.165, 1.54) is 0 Å². The molecule has 4 heteroatoms. The van der Waals surface area contributed by atoms with Gasteiger partial charge in [-0.3, -0.25) is 0 Å². The SMILES string of the molecule is Cc1cnc(-c2ccc(Br)o2)o1. The quantitative estimate of drug-likeness (QED) is 0.752. The third-order valence-corrected chi connectivity index (χ3v) is 1.83. The van der Waals surface area contributed by atoms with Crippen molar-refractivity contribution in [2.24, 2.45) is 0 Å². The number of nitrogens with zero attached hydrogens (tertiary/aromatic N) is 1. The van der Waals surface area contributed by atoms with E-state index in [2.05, 4.69) is 20.9 Å². The van der Waals surface area contributed by atoms with Crippen LogP contribution in [0, 0.1) is 6.92 Å². The zero-order valence-electron chi connectivity index (χ0n) is 6.37. The summed E-state index contributed by atoms with van der Waals surface area (Å²) in [5.74, 6) is 1.92. The Kier molecular flexibility index (Phi) is 1.77. The first kappa shape index (κ1) is 7.61. The summed E-state index contributed by atoms with van der Waals surface area (Å²) < 4.78 is 11.2. The molecule has 0 saturated heterocycles. The molecule has 0 saturated carbocycles. The summed E-state index contributed by atoms with van der Waals surface area (Å²) >= 11 is 3.20. The molecule has 0 unspecified atom stereocenters. The van der Waals surface area contributed by atoms with E-state index in [-0.39, 0.29) is 0 Å². The summed E-state index contributed by atoms with van der Waals surface area (Å²) in [4.78, 5) is 4.02. The van der Waals surface area contributed by atoms with Crippen LogP contribution in [0.5, 0.6) is 0 Å².